The molecule has 0 radical (unpaired) electrons. The maximum Gasteiger partial charge on any atom is 0.114 e. The summed E-state index contributed by atoms with van der Waals surface area (Å²) in [4.78, 5) is 4.64. The molecule has 0 aliphatic carbocycles. The van der Waals surface area contributed by atoms with E-state index in [-0.39, 0.29) is 11.7 Å². The Morgan fingerprint density at radius 2 is 2.09 bits per heavy atom. The monoisotopic (exact) mass is 315 g/mol. The summed E-state index contributed by atoms with van der Waals surface area (Å²) in [5, 5.41) is 4.03. The van der Waals surface area contributed by atoms with Gasteiger partial charge in [-0.25, -0.2) is 0 Å². The molecule has 2 aliphatic rings. The number of fused-ring (bicyclic) bond motifs is 2. The molecule has 1 spiro atoms. The number of halogens is 1. The minimum Gasteiger partial charge on any atom is -0.399 e. The molecular formula is C17H18ClN3O. The van der Waals surface area contributed by atoms with Crippen molar-refractivity contribution >= 4 is 17.3 Å². The Morgan fingerprint density at radius 3 is 2.86 bits per heavy atom. The van der Waals surface area contributed by atoms with Crippen LogP contribution in [0.3, 0.4) is 0 Å². The third kappa shape index (κ3) is 2.19. The van der Waals surface area contributed by atoms with Gasteiger partial charge in [-0.3, -0.25) is 4.98 Å². The average Bonchev–Trinajstić information content (AvgIpc) is 2.82. The van der Waals surface area contributed by atoms with Crippen molar-refractivity contribution in [1.82, 2.24) is 10.3 Å². The van der Waals surface area contributed by atoms with Crippen molar-refractivity contribution in [3.05, 3.63) is 58.4 Å². The fraction of sp³-hybridized carbons (Fsp3) is 0.353. The zero-order valence-corrected chi connectivity index (χ0v) is 12.9. The van der Waals surface area contributed by atoms with Crippen molar-refractivity contribution in [2.45, 2.75) is 24.5 Å². The molecule has 114 valence electrons. The largest absolute Gasteiger partial charge is 0.399 e. The number of piperidine rings is 1. The Balaban J connectivity index is 1.82. The third-order valence-corrected chi connectivity index (χ3v) is 4.77. The summed E-state index contributed by atoms with van der Waals surface area (Å²) in [6.07, 6.45) is 3.57. The van der Waals surface area contributed by atoms with Crippen LogP contribution in [-0.2, 0) is 10.3 Å². The van der Waals surface area contributed by atoms with Crippen LogP contribution in [0.5, 0.6) is 0 Å². The van der Waals surface area contributed by atoms with E-state index in [2.05, 4.69) is 16.4 Å². The summed E-state index contributed by atoms with van der Waals surface area (Å²) in [5.74, 6) is 0. The van der Waals surface area contributed by atoms with Gasteiger partial charge in [-0.2, -0.15) is 0 Å². The quantitative estimate of drug-likeness (QED) is 0.794. The molecule has 1 atom stereocenters. The number of ether oxygens (including phenoxy) is 1. The zero-order chi connectivity index (χ0) is 15.2. The lowest BCUT2D eigenvalue weighted by Gasteiger charge is -2.34. The van der Waals surface area contributed by atoms with E-state index in [9.17, 15) is 0 Å². The molecule has 1 aromatic carbocycles. The molecule has 2 aliphatic heterocycles. The van der Waals surface area contributed by atoms with Crippen LogP contribution in [0.15, 0.2) is 36.5 Å². The number of anilines is 1. The van der Waals surface area contributed by atoms with Crippen LogP contribution in [0.2, 0.25) is 5.02 Å². The zero-order valence-electron chi connectivity index (χ0n) is 12.2. The summed E-state index contributed by atoms with van der Waals surface area (Å²) in [6, 6.07) is 9.68. The second kappa shape index (κ2) is 5.23. The van der Waals surface area contributed by atoms with Crippen LogP contribution in [0.25, 0.3) is 0 Å². The Bertz CT molecular complexity index is 693. The normalized spacial score (nSPS) is 22.7. The number of nitrogen functional groups attached to an aromatic ring is 1. The number of pyridine rings is 1. The fourth-order valence-corrected chi connectivity index (χ4v) is 3.83. The van der Waals surface area contributed by atoms with Gasteiger partial charge >= 0.3 is 0 Å². The van der Waals surface area contributed by atoms with E-state index in [0.717, 1.165) is 42.8 Å². The third-order valence-electron chi connectivity index (χ3n) is 4.55. The van der Waals surface area contributed by atoms with E-state index in [1.54, 1.807) is 6.07 Å². The van der Waals surface area contributed by atoms with Crippen molar-refractivity contribution < 1.29 is 4.74 Å². The molecule has 5 heteroatoms. The summed E-state index contributed by atoms with van der Waals surface area (Å²) in [7, 11) is 0. The van der Waals surface area contributed by atoms with Crippen LogP contribution < -0.4 is 11.1 Å². The summed E-state index contributed by atoms with van der Waals surface area (Å²) in [5.41, 5.74) is 9.51. The van der Waals surface area contributed by atoms with Gasteiger partial charge in [0.1, 0.15) is 11.7 Å². The molecule has 0 saturated carbocycles. The van der Waals surface area contributed by atoms with Crippen molar-refractivity contribution in [3.63, 3.8) is 0 Å². The summed E-state index contributed by atoms with van der Waals surface area (Å²) < 4.78 is 6.54. The van der Waals surface area contributed by atoms with Gasteiger partial charge < -0.3 is 15.8 Å². The standard InChI is InChI=1S/C17H18ClN3O/c18-12-8-11(9-13(19)10-12)15-14-2-1-5-21-16(14)17(22-15)3-6-20-7-4-17/h1-2,5,8-10,15,20H,3-4,6-7,19H2. The number of benzene rings is 1. The molecular weight excluding hydrogens is 298 g/mol. The first kappa shape index (κ1) is 14.0. The Hall–Kier alpha value is -1.62. The van der Waals surface area contributed by atoms with E-state index >= 15 is 0 Å². The van der Waals surface area contributed by atoms with Crippen LogP contribution in [0.1, 0.15) is 35.8 Å². The van der Waals surface area contributed by atoms with Crippen molar-refractivity contribution in [2.24, 2.45) is 0 Å². The minimum atomic E-state index is -0.288. The van der Waals surface area contributed by atoms with Gasteiger partial charge in [0.25, 0.3) is 0 Å². The highest BCUT2D eigenvalue weighted by atomic mass is 35.5. The summed E-state index contributed by atoms with van der Waals surface area (Å²) >= 11 is 6.17. The van der Waals surface area contributed by atoms with Crippen LogP contribution in [0, 0.1) is 0 Å². The highest BCUT2D eigenvalue weighted by Gasteiger charge is 2.47. The van der Waals surface area contributed by atoms with Gasteiger partial charge in [0.05, 0.1) is 5.69 Å². The predicted molar refractivity (Wildman–Crippen MR) is 86.8 cm³/mol. The van der Waals surface area contributed by atoms with Gasteiger partial charge in [-0.05, 0) is 55.8 Å². The van der Waals surface area contributed by atoms with E-state index in [1.807, 2.05) is 24.4 Å². The molecule has 1 fully saturated rings. The average molecular weight is 316 g/mol. The van der Waals surface area contributed by atoms with Crippen molar-refractivity contribution in [3.8, 4) is 0 Å². The first-order valence-corrected chi connectivity index (χ1v) is 7.96. The lowest BCUT2D eigenvalue weighted by Crippen LogP contribution is -2.40. The van der Waals surface area contributed by atoms with Gasteiger partial charge in [0.2, 0.25) is 0 Å². The molecule has 4 rings (SSSR count). The Kier molecular flexibility index (Phi) is 3.33. The molecule has 0 amide bonds. The Labute approximate surface area is 134 Å². The number of nitrogens with two attached hydrogens (primary N) is 1. The highest BCUT2D eigenvalue weighted by Crippen LogP contribution is 2.49. The predicted octanol–water partition coefficient (Wildman–Crippen LogP) is 3.02. The first-order chi connectivity index (χ1) is 10.7. The van der Waals surface area contributed by atoms with Crippen molar-refractivity contribution in [1.29, 1.82) is 0 Å². The van der Waals surface area contributed by atoms with E-state index in [0.29, 0.717) is 10.7 Å². The first-order valence-electron chi connectivity index (χ1n) is 7.58. The van der Waals surface area contributed by atoms with E-state index < -0.39 is 0 Å². The highest BCUT2D eigenvalue weighted by molar-refractivity contribution is 6.30. The van der Waals surface area contributed by atoms with Gasteiger partial charge in [-0.15, -0.1) is 0 Å². The second-order valence-corrected chi connectivity index (χ2v) is 6.44. The molecule has 22 heavy (non-hydrogen) atoms. The number of hydrogen-bond donors (Lipinski definition) is 2. The van der Waals surface area contributed by atoms with Gasteiger partial charge in [-0.1, -0.05) is 17.7 Å². The van der Waals surface area contributed by atoms with E-state index in [1.165, 1.54) is 0 Å². The Morgan fingerprint density at radius 1 is 1.27 bits per heavy atom. The lowest BCUT2D eigenvalue weighted by atomic mass is 9.87. The maximum absolute atomic E-state index is 6.54. The lowest BCUT2D eigenvalue weighted by molar-refractivity contribution is -0.0817. The number of aromatic nitrogens is 1. The molecule has 3 heterocycles. The molecule has 0 bridgehead atoms. The topological polar surface area (TPSA) is 60.2 Å². The number of hydrogen-bond acceptors (Lipinski definition) is 4. The molecule has 3 N–H and O–H groups in total. The smallest absolute Gasteiger partial charge is 0.114 e. The number of rotatable bonds is 1. The molecule has 1 saturated heterocycles. The van der Waals surface area contributed by atoms with Crippen LogP contribution in [0.4, 0.5) is 5.69 Å². The van der Waals surface area contributed by atoms with Crippen LogP contribution in [-0.4, -0.2) is 18.1 Å². The van der Waals surface area contributed by atoms with Crippen LogP contribution >= 0.6 is 11.6 Å². The number of nitrogens with one attached hydrogen (secondary N) is 1. The molecule has 4 nitrogen and oxygen atoms in total. The summed E-state index contributed by atoms with van der Waals surface area (Å²) in [6.45, 7) is 1.89. The number of nitrogens with zero attached hydrogens (tertiary/aromatic N) is 1. The van der Waals surface area contributed by atoms with Gasteiger partial charge in [0.15, 0.2) is 0 Å². The van der Waals surface area contributed by atoms with Gasteiger partial charge in [0, 0.05) is 22.5 Å². The van der Waals surface area contributed by atoms with E-state index in [4.69, 9.17) is 22.1 Å². The molecule has 1 unspecified atom stereocenters. The fourth-order valence-electron chi connectivity index (χ4n) is 3.58. The maximum atomic E-state index is 6.54. The minimum absolute atomic E-state index is 0.150. The van der Waals surface area contributed by atoms with Crippen molar-refractivity contribution in [2.75, 3.05) is 18.8 Å². The second-order valence-electron chi connectivity index (χ2n) is 6.00. The SMILES string of the molecule is Nc1cc(Cl)cc(C2OC3(CCNCC3)c3ncccc32)c1. The molecule has 1 aromatic heterocycles. The molecule has 2 aromatic rings.